The number of fused-ring (bicyclic) bond motifs is 2. The van der Waals surface area contributed by atoms with Gasteiger partial charge in [0.25, 0.3) is 11.8 Å². The zero-order valence-electron chi connectivity index (χ0n) is 26.8. The fourth-order valence-electron chi connectivity index (χ4n) is 6.32. The number of nitrogens with one attached hydrogen (secondary N) is 2. The van der Waals surface area contributed by atoms with Crippen molar-refractivity contribution in [2.24, 2.45) is 0 Å². The van der Waals surface area contributed by atoms with Gasteiger partial charge in [0.15, 0.2) is 23.0 Å². The molecule has 5 aromatic rings. The fourth-order valence-corrected chi connectivity index (χ4v) is 6.32. The van der Waals surface area contributed by atoms with Crippen LogP contribution >= 0.6 is 0 Å². The van der Waals surface area contributed by atoms with Crippen LogP contribution in [0.25, 0.3) is 10.9 Å². The minimum atomic E-state index is -0.402. The van der Waals surface area contributed by atoms with Crippen LogP contribution in [0.1, 0.15) is 50.6 Å². The van der Waals surface area contributed by atoms with Gasteiger partial charge >= 0.3 is 0 Å². The molecule has 10 nitrogen and oxygen atoms in total. The normalized spacial score (nSPS) is 14.5. The predicted octanol–water partition coefficient (Wildman–Crippen LogP) is 6.86. The highest BCUT2D eigenvalue weighted by atomic mass is 16.7. The Morgan fingerprint density at radius 2 is 1.58 bits per heavy atom. The maximum Gasteiger partial charge on any atom is 0.257 e. The number of aromatic nitrogens is 1. The highest BCUT2D eigenvalue weighted by Gasteiger charge is 2.23. The summed E-state index contributed by atoms with van der Waals surface area (Å²) in [7, 11) is 3.00. The predicted molar refractivity (Wildman–Crippen MR) is 183 cm³/mol. The number of pyridine rings is 1. The number of hydrogen-bond donors (Lipinski definition) is 2. The van der Waals surface area contributed by atoms with Gasteiger partial charge < -0.3 is 29.6 Å². The number of methoxy groups -OCH3 is 2. The lowest BCUT2D eigenvalue weighted by molar-refractivity contribution is 0.102. The van der Waals surface area contributed by atoms with E-state index in [9.17, 15) is 9.59 Å². The monoisotopic (exact) mass is 644 g/mol. The van der Waals surface area contributed by atoms with Crippen LogP contribution in [0.4, 0.5) is 11.4 Å². The average molecular weight is 645 g/mol. The number of hydrogen-bond acceptors (Lipinski definition) is 8. The fraction of sp³-hybridized carbons (Fsp3) is 0.237. The van der Waals surface area contributed by atoms with Crippen LogP contribution in [-0.2, 0) is 6.54 Å². The number of amides is 2. The Labute approximate surface area is 278 Å². The SMILES string of the molecule is COc1cc(NC(=O)c2cnc3ccccc3c2)c(C(=O)Nc2ccc(C3CCN(Cc4ccc5c(c4)OCO5)CC3)cc2)cc1OC. The molecule has 48 heavy (non-hydrogen) atoms. The van der Waals surface area contributed by atoms with E-state index < -0.39 is 11.8 Å². The summed E-state index contributed by atoms with van der Waals surface area (Å²) < 4.78 is 21.9. The first-order chi connectivity index (χ1) is 23.5. The van der Waals surface area contributed by atoms with Gasteiger partial charge in [-0.25, -0.2) is 0 Å². The number of nitrogens with zero attached hydrogens (tertiary/aromatic N) is 2. The van der Waals surface area contributed by atoms with Crippen molar-refractivity contribution in [3.63, 3.8) is 0 Å². The summed E-state index contributed by atoms with van der Waals surface area (Å²) in [4.78, 5) is 33.8. The van der Waals surface area contributed by atoms with Crippen LogP contribution in [0.5, 0.6) is 23.0 Å². The van der Waals surface area contributed by atoms with Crippen LogP contribution < -0.4 is 29.6 Å². The summed E-state index contributed by atoms with van der Waals surface area (Å²) in [5.41, 5.74) is 4.79. The highest BCUT2D eigenvalue weighted by molar-refractivity contribution is 6.13. The van der Waals surface area contributed by atoms with Gasteiger partial charge in [-0.15, -0.1) is 0 Å². The Bertz CT molecular complexity index is 1970. The van der Waals surface area contributed by atoms with Gasteiger partial charge in [0.05, 0.1) is 36.6 Å². The molecule has 3 heterocycles. The Hall–Kier alpha value is -5.61. The molecule has 0 radical (unpaired) electrons. The lowest BCUT2D eigenvalue weighted by atomic mass is 9.89. The molecule has 10 heteroatoms. The summed E-state index contributed by atoms with van der Waals surface area (Å²) in [5.74, 6) is 2.02. The number of carbonyl (C=O) groups excluding carboxylic acids is 2. The second-order valence-electron chi connectivity index (χ2n) is 11.9. The van der Waals surface area contributed by atoms with Gasteiger partial charge in [-0.2, -0.15) is 0 Å². The summed E-state index contributed by atoms with van der Waals surface area (Å²) in [6.45, 7) is 3.17. The molecule has 0 aliphatic carbocycles. The van der Waals surface area contributed by atoms with Gasteiger partial charge in [0.1, 0.15) is 0 Å². The van der Waals surface area contributed by atoms with E-state index in [1.807, 2.05) is 42.5 Å². The molecule has 2 N–H and O–H groups in total. The number of carbonyl (C=O) groups is 2. The number of ether oxygens (including phenoxy) is 4. The van der Waals surface area contributed by atoms with Crippen molar-refractivity contribution >= 4 is 34.1 Å². The molecule has 1 fully saturated rings. The first-order valence-electron chi connectivity index (χ1n) is 15.9. The Morgan fingerprint density at radius 3 is 2.38 bits per heavy atom. The molecule has 4 aromatic carbocycles. The molecule has 0 spiro atoms. The lowest BCUT2D eigenvalue weighted by Crippen LogP contribution is -2.32. The number of rotatable bonds is 9. The van der Waals surface area contributed by atoms with E-state index in [-0.39, 0.29) is 18.0 Å². The van der Waals surface area contributed by atoms with Crippen molar-refractivity contribution in [2.45, 2.75) is 25.3 Å². The van der Waals surface area contributed by atoms with E-state index in [1.54, 1.807) is 18.2 Å². The van der Waals surface area contributed by atoms with E-state index >= 15 is 0 Å². The van der Waals surface area contributed by atoms with E-state index in [0.29, 0.717) is 28.7 Å². The van der Waals surface area contributed by atoms with E-state index in [1.165, 1.54) is 31.5 Å². The minimum Gasteiger partial charge on any atom is -0.493 e. The molecule has 7 rings (SSSR count). The van der Waals surface area contributed by atoms with E-state index in [0.717, 1.165) is 54.9 Å². The third-order valence-corrected chi connectivity index (χ3v) is 8.94. The Kier molecular flexibility index (Phi) is 8.80. The average Bonchev–Trinajstić information content (AvgIpc) is 3.60. The Balaban J connectivity index is 1.01. The van der Waals surface area contributed by atoms with Gasteiger partial charge in [-0.05, 0) is 85.4 Å². The first kappa shape index (κ1) is 31.0. The van der Waals surface area contributed by atoms with Crippen molar-refractivity contribution in [3.8, 4) is 23.0 Å². The second kappa shape index (κ2) is 13.6. The third-order valence-electron chi connectivity index (χ3n) is 8.94. The minimum absolute atomic E-state index is 0.230. The number of anilines is 2. The van der Waals surface area contributed by atoms with Gasteiger partial charge in [0.2, 0.25) is 6.79 Å². The molecule has 0 saturated carbocycles. The van der Waals surface area contributed by atoms with Crippen molar-refractivity contribution in [1.29, 1.82) is 0 Å². The van der Waals surface area contributed by atoms with Gasteiger partial charge in [-0.3, -0.25) is 19.5 Å². The zero-order valence-corrected chi connectivity index (χ0v) is 26.8. The van der Waals surface area contributed by atoms with Gasteiger partial charge in [0, 0.05) is 29.9 Å². The zero-order chi connectivity index (χ0) is 33.0. The quantitative estimate of drug-likeness (QED) is 0.179. The molecule has 2 aliphatic heterocycles. The van der Waals surface area contributed by atoms with Crippen molar-refractivity contribution in [3.05, 3.63) is 113 Å². The standard InChI is InChI=1S/C38H36N4O6/c1-45-34-19-30(32(20-35(34)46-2)41-37(43)28-18-27-5-3-4-6-31(27)39-21-28)38(44)40-29-10-8-25(9-11-29)26-13-15-42(16-14-26)22-24-7-12-33-36(17-24)48-23-47-33/h3-12,17-21,26H,13-16,22-23H2,1-2H3,(H,40,44)(H,41,43). The maximum absolute atomic E-state index is 13.6. The third kappa shape index (κ3) is 6.61. The van der Waals surface area contributed by atoms with Crippen LogP contribution in [0, 0.1) is 0 Å². The topological polar surface area (TPSA) is 111 Å². The summed E-state index contributed by atoms with van der Waals surface area (Å²) >= 11 is 0. The molecule has 0 atom stereocenters. The molecule has 1 aromatic heterocycles. The van der Waals surface area contributed by atoms with Crippen LogP contribution in [-0.4, -0.2) is 55.8 Å². The maximum atomic E-state index is 13.6. The molecule has 0 unspecified atom stereocenters. The number of para-hydroxylation sites is 1. The van der Waals surface area contributed by atoms with Gasteiger partial charge in [-0.1, -0.05) is 36.4 Å². The molecular weight excluding hydrogens is 608 g/mol. The summed E-state index contributed by atoms with van der Waals surface area (Å²) in [6.07, 6.45) is 3.62. The number of piperidine rings is 1. The molecule has 2 amide bonds. The van der Waals surface area contributed by atoms with Crippen LogP contribution in [0.2, 0.25) is 0 Å². The van der Waals surface area contributed by atoms with Crippen molar-refractivity contribution in [1.82, 2.24) is 9.88 Å². The summed E-state index contributed by atoms with van der Waals surface area (Å²) in [6, 6.07) is 26.6. The molecule has 2 aliphatic rings. The summed E-state index contributed by atoms with van der Waals surface area (Å²) in [5, 5.41) is 6.69. The van der Waals surface area contributed by atoms with Crippen LogP contribution in [0.3, 0.4) is 0 Å². The van der Waals surface area contributed by atoms with E-state index in [4.69, 9.17) is 18.9 Å². The Morgan fingerprint density at radius 1 is 0.833 bits per heavy atom. The van der Waals surface area contributed by atoms with Crippen LogP contribution in [0.15, 0.2) is 91.1 Å². The van der Waals surface area contributed by atoms with Crippen molar-refractivity contribution in [2.75, 3.05) is 44.7 Å². The van der Waals surface area contributed by atoms with Crippen molar-refractivity contribution < 1.29 is 28.5 Å². The van der Waals surface area contributed by atoms with E-state index in [2.05, 4.69) is 44.8 Å². The smallest absolute Gasteiger partial charge is 0.257 e. The second-order valence-corrected chi connectivity index (χ2v) is 11.9. The first-order valence-corrected chi connectivity index (χ1v) is 15.9. The lowest BCUT2D eigenvalue weighted by Gasteiger charge is -2.32. The molecular formula is C38H36N4O6. The number of benzene rings is 4. The molecule has 244 valence electrons. The number of likely N-dealkylation sites (tertiary alicyclic amines) is 1. The largest absolute Gasteiger partial charge is 0.493 e. The molecule has 1 saturated heterocycles. The molecule has 0 bridgehead atoms. The highest BCUT2D eigenvalue weighted by Crippen LogP contribution is 2.36.